The number of methoxy groups -OCH3 is 2. The Hall–Kier alpha value is -3.65. The van der Waals surface area contributed by atoms with Crippen molar-refractivity contribution in [3.05, 3.63) is 71.3 Å². The predicted molar refractivity (Wildman–Crippen MR) is 144 cm³/mol. The van der Waals surface area contributed by atoms with Crippen LogP contribution in [-0.2, 0) is 5.54 Å². The highest BCUT2D eigenvalue weighted by Gasteiger charge is 2.73. The van der Waals surface area contributed by atoms with Crippen molar-refractivity contribution in [2.45, 2.75) is 56.3 Å². The van der Waals surface area contributed by atoms with Crippen molar-refractivity contribution in [2.75, 3.05) is 27.3 Å². The first kappa shape index (κ1) is 26.0. The lowest BCUT2D eigenvalue weighted by atomic mass is 9.75. The van der Waals surface area contributed by atoms with Crippen LogP contribution in [0.2, 0.25) is 0 Å². The van der Waals surface area contributed by atoms with Crippen molar-refractivity contribution in [1.29, 1.82) is 10.5 Å². The van der Waals surface area contributed by atoms with Crippen LogP contribution in [-0.4, -0.2) is 60.0 Å². The van der Waals surface area contributed by atoms with Crippen molar-refractivity contribution >= 4 is 5.78 Å². The van der Waals surface area contributed by atoms with Crippen molar-refractivity contribution < 1.29 is 14.3 Å². The first-order valence-electron chi connectivity index (χ1n) is 13.1. The summed E-state index contributed by atoms with van der Waals surface area (Å²) in [5.41, 5.74) is -1.13. The molecule has 7 heteroatoms. The molecule has 0 N–H and O–H groups in total. The maximum atomic E-state index is 14.1. The van der Waals surface area contributed by atoms with Crippen LogP contribution in [0.5, 0.6) is 11.5 Å². The third-order valence-electron chi connectivity index (χ3n) is 8.93. The molecule has 7 nitrogen and oxygen atoms in total. The molecule has 2 fully saturated rings. The standard InChI is InChI=1S/C31H34N4O3/c1-21-28(34-16-6-7-17-34)30(19-32,20-33)35-29(2,3)26(27(36)22-8-12-24(37-4)13-9-22)18-31(21,35)23-10-14-25(38-5)15-11-23/h8-15,18,21,28H,6-7,16-17H2,1-5H3/t21-,28+,31-/m1/s1. The minimum atomic E-state index is -1.45. The van der Waals surface area contributed by atoms with Crippen LogP contribution in [0.4, 0.5) is 0 Å². The van der Waals surface area contributed by atoms with Gasteiger partial charge in [-0.1, -0.05) is 25.1 Å². The molecule has 0 unspecified atom stereocenters. The van der Waals surface area contributed by atoms with Crippen molar-refractivity contribution in [3.8, 4) is 23.6 Å². The highest BCUT2D eigenvalue weighted by molar-refractivity contribution is 6.11. The van der Waals surface area contributed by atoms with E-state index < -0.39 is 16.6 Å². The monoisotopic (exact) mass is 510 g/mol. The summed E-state index contributed by atoms with van der Waals surface area (Å²) in [4.78, 5) is 18.4. The number of Topliss-reactive ketones (excluding diaryl/α,β-unsaturated/α-hetero) is 1. The van der Waals surface area contributed by atoms with Gasteiger partial charge in [0.15, 0.2) is 5.78 Å². The molecule has 3 aliphatic heterocycles. The highest BCUT2D eigenvalue weighted by atomic mass is 16.5. The van der Waals surface area contributed by atoms with Gasteiger partial charge in [-0.05, 0) is 81.7 Å². The maximum Gasteiger partial charge on any atom is 0.213 e. The number of likely N-dealkylation sites (tertiary alicyclic amines) is 1. The molecular weight excluding hydrogens is 476 g/mol. The molecule has 0 spiro atoms. The number of ether oxygens (including phenoxy) is 2. The molecule has 0 bridgehead atoms. The summed E-state index contributed by atoms with van der Waals surface area (Å²) < 4.78 is 10.7. The number of hydrogen-bond donors (Lipinski definition) is 0. The van der Waals surface area contributed by atoms with Crippen LogP contribution < -0.4 is 9.47 Å². The fraction of sp³-hybridized carbons (Fsp3) is 0.452. The minimum absolute atomic E-state index is 0.116. The van der Waals surface area contributed by atoms with Gasteiger partial charge in [0.05, 0.1) is 25.8 Å². The number of nitrogens with zero attached hydrogens (tertiary/aromatic N) is 4. The number of carbonyl (C=O) groups is 1. The molecule has 0 aliphatic carbocycles. The molecule has 38 heavy (non-hydrogen) atoms. The summed E-state index contributed by atoms with van der Waals surface area (Å²) in [5, 5.41) is 21.6. The van der Waals surface area contributed by atoms with Gasteiger partial charge in [-0.15, -0.1) is 0 Å². The van der Waals surface area contributed by atoms with Crippen LogP contribution >= 0.6 is 0 Å². The number of benzene rings is 2. The van der Waals surface area contributed by atoms with Gasteiger partial charge >= 0.3 is 0 Å². The van der Waals surface area contributed by atoms with Gasteiger partial charge in [0.1, 0.15) is 23.6 Å². The van der Waals surface area contributed by atoms with Crippen LogP contribution in [0.15, 0.2) is 60.2 Å². The molecule has 2 aromatic rings. The van der Waals surface area contributed by atoms with Crippen LogP contribution in [0.25, 0.3) is 0 Å². The Bertz CT molecular complexity index is 1330. The number of nitriles is 2. The number of hydrogen-bond acceptors (Lipinski definition) is 7. The molecule has 2 aromatic carbocycles. The Morgan fingerprint density at radius 1 is 0.921 bits per heavy atom. The van der Waals surface area contributed by atoms with Gasteiger partial charge in [-0.3, -0.25) is 9.69 Å². The van der Waals surface area contributed by atoms with Crippen LogP contribution in [0.1, 0.15) is 49.5 Å². The summed E-state index contributed by atoms with van der Waals surface area (Å²) in [6, 6.07) is 19.5. The van der Waals surface area contributed by atoms with Crippen molar-refractivity contribution in [1.82, 2.24) is 9.80 Å². The Kier molecular flexibility index (Phi) is 6.34. The second kappa shape index (κ2) is 9.27. The van der Waals surface area contributed by atoms with Gasteiger partial charge in [0.25, 0.3) is 0 Å². The van der Waals surface area contributed by atoms with E-state index in [1.54, 1.807) is 38.5 Å². The fourth-order valence-corrected chi connectivity index (χ4v) is 7.28. The normalized spacial score (nSPS) is 27.7. The van der Waals surface area contributed by atoms with E-state index in [0.717, 1.165) is 37.2 Å². The van der Waals surface area contributed by atoms with Crippen LogP contribution in [0.3, 0.4) is 0 Å². The molecule has 0 amide bonds. The first-order valence-corrected chi connectivity index (χ1v) is 13.1. The lowest BCUT2D eigenvalue weighted by molar-refractivity contribution is 0.0402. The third-order valence-corrected chi connectivity index (χ3v) is 8.93. The number of ketones is 1. The van der Waals surface area contributed by atoms with E-state index in [2.05, 4.69) is 24.0 Å². The van der Waals surface area contributed by atoms with Gasteiger partial charge < -0.3 is 9.47 Å². The van der Waals surface area contributed by atoms with Crippen molar-refractivity contribution in [2.24, 2.45) is 5.92 Å². The number of carbonyl (C=O) groups excluding carboxylic acids is 1. The Labute approximate surface area is 224 Å². The van der Waals surface area contributed by atoms with Gasteiger partial charge in [-0.2, -0.15) is 10.5 Å². The summed E-state index contributed by atoms with van der Waals surface area (Å²) in [5.74, 6) is 1.14. The topological polar surface area (TPSA) is 89.6 Å². The molecule has 0 aromatic heterocycles. The molecule has 5 rings (SSSR count). The van der Waals surface area contributed by atoms with Crippen LogP contribution in [0, 0.1) is 28.6 Å². The Balaban J connectivity index is 1.75. The number of fused-ring (bicyclic) bond motifs is 1. The minimum Gasteiger partial charge on any atom is -0.497 e. The first-order chi connectivity index (χ1) is 18.2. The molecular formula is C31H34N4O3. The van der Waals surface area contributed by atoms with Gasteiger partial charge in [-0.25, -0.2) is 4.90 Å². The lowest BCUT2D eigenvalue weighted by Crippen LogP contribution is -2.62. The summed E-state index contributed by atoms with van der Waals surface area (Å²) in [6.07, 6.45) is 4.14. The molecule has 2 saturated heterocycles. The van der Waals surface area contributed by atoms with Crippen molar-refractivity contribution in [3.63, 3.8) is 0 Å². The van der Waals surface area contributed by atoms with E-state index in [9.17, 15) is 15.3 Å². The van der Waals surface area contributed by atoms with Gasteiger partial charge in [0.2, 0.25) is 5.54 Å². The lowest BCUT2D eigenvalue weighted by Gasteiger charge is -2.46. The molecule has 3 aliphatic rings. The summed E-state index contributed by atoms with van der Waals surface area (Å²) >= 11 is 0. The quantitative estimate of drug-likeness (QED) is 0.520. The zero-order valence-corrected chi connectivity index (χ0v) is 22.7. The van der Waals surface area contributed by atoms with E-state index in [1.165, 1.54) is 0 Å². The highest BCUT2D eigenvalue weighted by Crippen LogP contribution is 2.62. The zero-order valence-electron chi connectivity index (χ0n) is 22.7. The largest absolute Gasteiger partial charge is 0.497 e. The molecule has 0 saturated carbocycles. The molecule has 3 atom stereocenters. The summed E-state index contributed by atoms with van der Waals surface area (Å²) in [7, 11) is 3.22. The fourth-order valence-electron chi connectivity index (χ4n) is 7.28. The van der Waals surface area contributed by atoms with E-state index in [-0.39, 0.29) is 17.7 Å². The second-order valence-corrected chi connectivity index (χ2v) is 11.0. The average molecular weight is 511 g/mol. The molecule has 0 radical (unpaired) electrons. The molecule has 3 heterocycles. The van der Waals surface area contributed by atoms with Gasteiger partial charge in [0, 0.05) is 22.6 Å². The van der Waals surface area contributed by atoms with E-state index in [4.69, 9.17) is 9.47 Å². The van der Waals surface area contributed by atoms with E-state index in [0.29, 0.717) is 16.9 Å². The Morgan fingerprint density at radius 2 is 1.45 bits per heavy atom. The zero-order chi connectivity index (χ0) is 27.3. The average Bonchev–Trinajstić information content (AvgIpc) is 3.61. The SMILES string of the molecule is COc1ccc(C(=O)C2=C[C@]3(c4ccc(OC)cc4)[C@H](C)[C@H](N4CCCC4)C(C#N)(C#N)N3C2(C)C)cc1. The smallest absolute Gasteiger partial charge is 0.213 e. The predicted octanol–water partition coefficient (Wildman–Crippen LogP) is 4.70. The second-order valence-electron chi connectivity index (χ2n) is 11.0. The third kappa shape index (κ3) is 3.42. The Morgan fingerprint density at radius 3 is 1.95 bits per heavy atom. The molecule has 196 valence electrons. The van der Waals surface area contributed by atoms with E-state index >= 15 is 0 Å². The summed E-state index contributed by atoms with van der Waals surface area (Å²) in [6.45, 7) is 7.77. The number of rotatable bonds is 6. The maximum absolute atomic E-state index is 14.1. The van der Waals surface area contributed by atoms with E-state index in [1.807, 2.05) is 49.1 Å².